The molecule has 45 heavy (non-hydrogen) atoms. The van der Waals surface area contributed by atoms with Crippen LogP contribution in [0.4, 0.5) is 5.69 Å². The zero-order valence-electron chi connectivity index (χ0n) is 25.7. The molecule has 0 bridgehead atoms. The van der Waals surface area contributed by atoms with Crippen molar-refractivity contribution in [1.29, 1.82) is 0 Å². The maximum Gasteiger partial charge on any atom is 0.258 e. The maximum absolute atomic E-state index is 13.7. The van der Waals surface area contributed by atoms with Crippen molar-refractivity contribution < 1.29 is 9.59 Å². The molecule has 3 aliphatic rings. The molecule has 2 aliphatic heterocycles. The fourth-order valence-corrected chi connectivity index (χ4v) is 6.88. The number of fused-ring (bicyclic) bond motifs is 2. The van der Waals surface area contributed by atoms with E-state index in [0.29, 0.717) is 18.0 Å². The number of rotatable bonds is 5. The summed E-state index contributed by atoms with van der Waals surface area (Å²) in [4.78, 5) is 45.6. The molecule has 0 unspecified atom stereocenters. The quantitative estimate of drug-likeness (QED) is 0.266. The molecular weight excluding hydrogens is 560 g/mol. The van der Waals surface area contributed by atoms with Gasteiger partial charge in [-0.2, -0.15) is 0 Å². The third kappa shape index (κ3) is 4.99. The molecule has 1 saturated heterocycles. The third-order valence-corrected chi connectivity index (χ3v) is 9.77. The number of hydrogen-bond acceptors (Lipinski definition) is 5. The summed E-state index contributed by atoms with van der Waals surface area (Å²) in [6, 6.07) is 22.4. The lowest BCUT2D eigenvalue weighted by atomic mass is 9.93. The van der Waals surface area contributed by atoms with E-state index in [4.69, 9.17) is 4.98 Å². The SMILES string of the molecule is Cc1c(-c2ncnc3[nH]c(-c4ccc(C(=O)N5CCN(C)CC5)cc4)cc23)cccc1N1CCc2cc(C3CC3)ccc2C1=O. The summed E-state index contributed by atoms with van der Waals surface area (Å²) in [5, 5.41) is 0.910. The lowest BCUT2D eigenvalue weighted by Crippen LogP contribution is -2.47. The highest BCUT2D eigenvalue weighted by Crippen LogP contribution is 2.42. The summed E-state index contributed by atoms with van der Waals surface area (Å²) < 4.78 is 0. The van der Waals surface area contributed by atoms with Gasteiger partial charge >= 0.3 is 0 Å². The number of nitrogens with one attached hydrogen (secondary N) is 1. The molecule has 226 valence electrons. The van der Waals surface area contributed by atoms with Crippen LogP contribution in [-0.4, -0.2) is 76.3 Å². The van der Waals surface area contributed by atoms with Crippen LogP contribution in [0.3, 0.4) is 0 Å². The van der Waals surface area contributed by atoms with E-state index in [1.54, 1.807) is 6.33 Å². The van der Waals surface area contributed by atoms with E-state index in [1.807, 2.05) is 52.3 Å². The number of likely N-dealkylation sites (N-methyl/N-ethyl adjacent to an activating group) is 1. The second-order valence-corrected chi connectivity index (χ2v) is 12.7. The van der Waals surface area contributed by atoms with Crippen molar-refractivity contribution >= 4 is 28.5 Å². The Hall–Kier alpha value is -4.82. The van der Waals surface area contributed by atoms with Crippen molar-refractivity contribution in [2.24, 2.45) is 0 Å². The van der Waals surface area contributed by atoms with Crippen molar-refractivity contribution in [3.8, 4) is 22.5 Å². The number of H-pyrrole nitrogens is 1. The molecule has 2 amide bonds. The van der Waals surface area contributed by atoms with Crippen molar-refractivity contribution in [2.45, 2.75) is 32.1 Å². The Morgan fingerprint density at radius 3 is 2.47 bits per heavy atom. The van der Waals surface area contributed by atoms with Gasteiger partial charge in [0.2, 0.25) is 0 Å². The third-order valence-electron chi connectivity index (χ3n) is 9.77. The summed E-state index contributed by atoms with van der Waals surface area (Å²) in [7, 11) is 2.09. The standard InChI is InChI=1S/C37H36N6O2/c1-23-29(4-3-5-33(23)43-15-14-28-20-27(24-6-7-24)12-13-30(28)37(43)45)34-31-21-32(40-35(31)39-22-38-34)25-8-10-26(11-9-25)36(44)42-18-16-41(2)17-19-42/h3-5,8-13,20-22,24H,6-7,14-19H2,1-2H3,(H,38,39,40). The Bertz CT molecular complexity index is 1950. The Morgan fingerprint density at radius 2 is 1.69 bits per heavy atom. The summed E-state index contributed by atoms with van der Waals surface area (Å²) in [6.07, 6.45) is 4.95. The smallest absolute Gasteiger partial charge is 0.258 e. The Morgan fingerprint density at radius 1 is 0.889 bits per heavy atom. The van der Waals surface area contributed by atoms with Crippen LogP contribution in [0.2, 0.25) is 0 Å². The van der Waals surface area contributed by atoms with Gasteiger partial charge in [0.25, 0.3) is 11.8 Å². The van der Waals surface area contributed by atoms with Crippen LogP contribution in [0.5, 0.6) is 0 Å². The molecule has 8 nitrogen and oxygen atoms in total. The molecule has 0 spiro atoms. The number of nitrogens with zero attached hydrogens (tertiary/aromatic N) is 5. The van der Waals surface area contributed by atoms with Gasteiger partial charge in [0.1, 0.15) is 12.0 Å². The van der Waals surface area contributed by atoms with E-state index in [1.165, 1.54) is 24.0 Å². The average molecular weight is 597 g/mol. The number of piperazine rings is 1. The molecule has 0 atom stereocenters. The van der Waals surface area contributed by atoms with Crippen LogP contribution in [0, 0.1) is 6.92 Å². The molecular formula is C37H36N6O2. The lowest BCUT2D eigenvalue weighted by Gasteiger charge is -2.32. The van der Waals surface area contributed by atoms with Gasteiger partial charge in [-0.25, -0.2) is 9.97 Å². The molecule has 1 aliphatic carbocycles. The van der Waals surface area contributed by atoms with Crippen molar-refractivity contribution in [3.05, 3.63) is 101 Å². The fourth-order valence-electron chi connectivity index (χ4n) is 6.88. The maximum atomic E-state index is 13.7. The van der Waals surface area contributed by atoms with Crippen LogP contribution in [0.25, 0.3) is 33.5 Å². The first-order valence-electron chi connectivity index (χ1n) is 15.9. The summed E-state index contributed by atoms with van der Waals surface area (Å²) in [6.45, 7) is 6.03. The van der Waals surface area contributed by atoms with Gasteiger partial charge in [-0.1, -0.05) is 36.4 Å². The van der Waals surface area contributed by atoms with E-state index in [-0.39, 0.29) is 11.8 Å². The van der Waals surface area contributed by atoms with E-state index < -0.39 is 0 Å². The zero-order valence-corrected chi connectivity index (χ0v) is 25.7. The highest BCUT2D eigenvalue weighted by atomic mass is 16.2. The first-order chi connectivity index (χ1) is 21.9. The molecule has 5 aromatic rings. The number of carbonyl (C=O) groups excluding carboxylic acids is 2. The van der Waals surface area contributed by atoms with Gasteiger partial charge < -0.3 is 19.7 Å². The molecule has 0 radical (unpaired) electrons. The molecule has 4 heterocycles. The number of hydrogen-bond donors (Lipinski definition) is 1. The number of anilines is 1. The van der Waals surface area contributed by atoms with Crippen LogP contribution in [-0.2, 0) is 6.42 Å². The van der Waals surface area contributed by atoms with E-state index in [2.05, 4.69) is 53.1 Å². The number of benzene rings is 3. The summed E-state index contributed by atoms with van der Waals surface area (Å²) in [5.74, 6) is 0.815. The number of aromatic nitrogens is 3. The second kappa shape index (κ2) is 11.0. The second-order valence-electron chi connectivity index (χ2n) is 12.7. The highest BCUT2D eigenvalue weighted by Gasteiger charge is 2.30. The molecule has 3 aromatic carbocycles. The molecule has 8 rings (SSSR count). The lowest BCUT2D eigenvalue weighted by molar-refractivity contribution is 0.0664. The largest absolute Gasteiger partial charge is 0.339 e. The average Bonchev–Trinajstić information content (AvgIpc) is 3.83. The minimum absolute atomic E-state index is 0.0603. The van der Waals surface area contributed by atoms with Crippen molar-refractivity contribution in [2.75, 3.05) is 44.7 Å². The van der Waals surface area contributed by atoms with Crippen LogP contribution in [0.15, 0.2) is 73.1 Å². The highest BCUT2D eigenvalue weighted by molar-refractivity contribution is 6.09. The Kier molecular flexibility index (Phi) is 6.75. The first-order valence-corrected chi connectivity index (χ1v) is 15.9. The van der Waals surface area contributed by atoms with E-state index in [9.17, 15) is 9.59 Å². The first kappa shape index (κ1) is 27.7. The number of aromatic amines is 1. The molecule has 8 heteroatoms. The van der Waals surface area contributed by atoms with Gasteiger partial charge in [0, 0.05) is 66.2 Å². The van der Waals surface area contributed by atoms with E-state index in [0.717, 1.165) is 83.0 Å². The number of amides is 2. The van der Waals surface area contributed by atoms with Gasteiger partial charge in [-0.05, 0) is 91.7 Å². The fraction of sp³-hybridized carbons (Fsp3) is 0.297. The predicted molar refractivity (Wildman–Crippen MR) is 177 cm³/mol. The molecule has 1 N–H and O–H groups in total. The van der Waals surface area contributed by atoms with Gasteiger partial charge in [-0.3, -0.25) is 9.59 Å². The normalized spacial score (nSPS) is 17.2. The monoisotopic (exact) mass is 596 g/mol. The van der Waals surface area contributed by atoms with Crippen LogP contribution < -0.4 is 4.90 Å². The topological polar surface area (TPSA) is 85.4 Å². The van der Waals surface area contributed by atoms with Crippen molar-refractivity contribution in [3.63, 3.8) is 0 Å². The number of carbonyl (C=O) groups is 2. The van der Waals surface area contributed by atoms with Gasteiger partial charge in [-0.15, -0.1) is 0 Å². The van der Waals surface area contributed by atoms with Crippen LogP contribution >= 0.6 is 0 Å². The van der Waals surface area contributed by atoms with E-state index >= 15 is 0 Å². The van der Waals surface area contributed by atoms with Crippen molar-refractivity contribution in [1.82, 2.24) is 24.8 Å². The van der Waals surface area contributed by atoms with Crippen LogP contribution in [0.1, 0.15) is 56.2 Å². The minimum Gasteiger partial charge on any atom is -0.339 e. The summed E-state index contributed by atoms with van der Waals surface area (Å²) in [5.41, 5.74) is 10.4. The summed E-state index contributed by atoms with van der Waals surface area (Å²) >= 11 is 0. The minimum atomic E-state index is 0.0603. The van der Waals surface area contributed by atoms with Gasteiger partial charge in [0.05, 0.1) is 5.69 Å². The Balaban J connectivity index is 1.08. The Labute approximate surface area is 262 Å². The molecule has 2 fully saturated rings. The molecule has 1 saturated carbocycles. The zero-order chi connectivity index (χ0) is 30.7. The molecule has 2 aromatic heterocycles. The predicted octanol–water partition coefficient (Wildman–Crippen LogP) is 6.07. The van der Waals surface area contributed by atoms with Gasteiger partial charge in [0.15, 0.2) is 0 Å².